The van der Waals surface area contributed by atoms with Crippen LogP contribution in [0.1, 0.15) is 79.3 Å². The van der Waals surface area contributed by atoms with E-state index in [-0.39, 0.29) is 0 Å². The minimum atomic E-state index is 0.582. The Balaban J connectivity index is 0.000000162. The third-order valence-corrected chi connectivity index (χ3v) is 10.2. The molecule has 0 N–H and O–H groups in total. The standard InChI is InChI=1S/2C24H25NO/c1-5-18(4)19-8-10-20(11-9-19)25-21-12-6-16(2)14-23(21)26-24-15-17(3)7-13-22(24)25;1-4-5-6-19-9-11-20(12-10-19)25-21-13-7-17(2)15-23(21)26-24-16-18(3)8-14-22(24)25/h6-15,18H,5H2,1-4H3;7-16H,4-6H2,1-3H3. The highest BCUT2D eigenvalue weighted by Gasteiger charge is 2.27. The predicted molar refractivity (Wildman–Crippen MR) is 219 cm³/mol. The Kier molecular flexibility index (Phi) is 10.1. The second-order valence-electron chi connectivity index (χ2n) is 14.4. The van der Waals surface area contributed by atoms with E-state index in [4.69, 9.17) is 9.47 Å². The van der Waals surface area contributed by atoms with Gasteiger partial charge >= 0.3 is 0 Å². The monoisotopic (exact) mass is 686 g/mol. The molecule has 0 aromatic heterocycles. The molecule has 2 aliphatic heterocycles. The van der Waals surface area contributed by atoms with Gasteiger partial charge in [0.25, 0.3) is 0 Å². The highest BCUT2D eigenvalue weighted by Crippen LogP contribution is 2.52. The number of rotatable bonds is 7. The Morgan fingerprint density at radius 2 is 0.846 bits per heavy atom. The smallest absolute Gasteiger partial charge is 0.151 e. The quantitative estimate of drug-likeness (QED) is 0.167. The number of hydrogen-bond donors (Lipinski definition) is 0. The summed E-state index contributed by atoms with van der Waals surface area (Å²) in [6.45, 7) is 15.1. The third-order valence-electron chi connectivity index (χ3n) is 10.2. The number of unbranched alkanes of at least 4 members (excludes halogenated alkanes) is 1. The van der Waals surface area contributed by atoms with Gasteiger partial charge in [-0.2, -0.15) is 0 Å². The maximum absolute atomic E-state index is 6.23. The molecule has 0 radical (unpaired) electrons. The molecular formula is C48H50N2O2. The lowest BCUT2D eigenvalue weighted by Crippen LogP contribution is -2.16. The summed E-state index contributed by atoms with van der Waals surface area (Å²) in [7, 11) is 0. The summed E-state index contributed by atoms with van der Waals surface area (Å²) >= 11 is 0. The lowest BCUT2D eigenvalue weighted by molar-refractivity contribution is 0.476. The zero-order valence-electron chi connectivity index (χ0n) is 31.7. The van der Waals surface area contributed by atoms with Gasteiger partial charge in [0.1, 0.15) is 0 Å². The summed E-state index contributed by atoms with van der Waals surface area (Å²) in [4.78, 5) is 4.60. The van der Waals surface area contributed by atoms with E-state index in [0.29, 0.717) is 5.92 Å². The highest BCUT2D eigenvalue weighted by atomic mass is 16.5. The van der Waals surface area contributed by atoms with Crippen LogP contribution >= 0.6 is 0 Å². The van der Waals surface area contributed by atoms with Crippen molar-refractivity contribution in [2.45, 2.75) is 80.1 Å². The molecule has 8 rings (SSSR count). The molecule has 0 fully saturated rings. The first kappa shape index (κ1) is 34.9. The summed E-state index contributed by atoms with van der Waals surface area (Å²) in [5, 5.41) is 0. The lowest BCUT2D eigenvalue weighted by Gasteiger charge is -2.33. The van der Waals surface area contributed by atoms with Crippen LogP contribution in [0.15, 0.2) is 121 Å². The fourth-order valence-corrected chi connectivity index (χ4v) is 6.98. The molecular weight excluding hydrogens is 637 g/mol. The van der Waals surface area contributed by atoms with Crippen LogP contribution in [0.25, 0.3) is 0 Å². The van der Waals surface area contributed by atoms with Gasteiger partial charge in [-0.3, -0.25) is 0 Å². The van der Waals surface area contributed by atoms with Crippen molar-refractivity contribution in [3.05, 3.63) is 155 Å². The van der Waals surface area contributed by atoms with Crippen LogP contribution in [0.5, 0.6) is 23.0 Å². The second-order valence-corrected chi connectivity index (χ2v) is 14.4. The molecule has 1 atom stereocenters. The van der Waals surface area contributed by atoms with Gasteiger partial charge in [-0.15, -0.1) is 0 Å². The molecule has 2 heterocycles. The lowest BCUT2D eigenvalue weighted by atomic mass is 9.98. The molecule has 0 saturated carbocycles. The average Bonchev–Trinajstić information content (AvgIpc) is 3.15. The zero-order chi connectivity index (χ0) is 36.4. The van der Waals surface area contributed by atoms with E-state index >= 15 is 0 Å². The summed E-state index contributed by atoms with van der Waals surface area (Å²) in [6.07, 6.45) is 4.76. The number of ether oxygens (including phenoxy) is 2. The van der Waals surface area contributed by atoms with Crippen LogP contribution in [0, 0.1) is 27.7 Å². The van der Waals surface area contributed by atoms with Crippen molar-refractivity contribution in [3.8, 4) is 23.0 Å². The van der Waals surface area contributed by atoms with Crippen LogP contribution in [0.3, 0.4) is 0 Å². The maximum atomic E-state index is 6.23. The molecule has 0 aliphatic carbocycles. The first-order chi connectivity index (χ1) is 25.2. The van der Waals surface area contributed by atoms with Gasteiger partial charge in [0.2, 0.25) is 0 Å². The number of benzene rings is 6. The molecule has 4 nitrogen and oxygen atoms in total. The summed E-state index contributed by atoms with van der Waals surface area (Å²) in [5.74, 6) is 4.23. The van der Waals surface area contributed by atoms with Crippen molar-refractivity contribution >= 4 is 34.1 Å². The van der Waals surface area contributed by atoms with Crippen LogP contribution in [0.4, 0.5) is 34.1 Å². The van der Waals surface area contributed by atoms with Gasteiger partial charge in [-0.1, -0.05) is 75.7 Å². The highest BCUT2D eigenvalue weighted by molar-refractivity contribution is 5.87. The molecule has 6 aromatic rings. The molecule has 4 heteroatoms. The van der Waals surface area contributed by atoms with Crippen molar-refractivity contribution in [3.63, 3.8) is 0 Å². The van der Waals surface area contributed by atoms with Gasteiger partial charge in [-0.05, 0) is 159 Å². The summed E-state index contributed by atoms with van der Waals surface area (Å²) in [5.41, 5.74) is 14.3. The topological polar surface area (TPSA) is 24.9 Å². The average molecular weight is 687 g/mol. The Hall–Kier alpha value is -5.48. The van der Waals surface area contributed by atoms with E-state index in [1.807, 2.05) is 0 Å². The van der Waals surface area contributed by atoms with Crippen molar-refractivity contribution in [1.29, 1.82) is 0 Å². The molecule has 52 heavy (non-hydrogen) atoms. The molecule has 0 amide bonds. The number of nitrogens with zero attached hydrogens (tertiary/aromatic N) is 2. The largest absolute Gasteiger partial charge is 0.453 e. The van der Waals surface area contributed by atoms with E-state index in [9.17, 15) is 0 Å². The molecule has 0 saturated heterocycles. The van der Waals surface area contributed by atoms with Gasteiger partial charge in [-0.25, -0.2) is 0 Å². The van der Waals surface area contributed by atoms with Crippen molar-refractivity contribution in [1.82, 2.24) is 0 Å². The normalized spacial score (nSPS) is 13.0. The molecule has 2 aliphatic rings. The van der Waals surface area contributed by atoms with E-state index in [2.05, 4.69) is 180 Å². The number of hydrogen-bond acceptors (Lipinski definition) is 4. The number of aryl methyl sites for hydroxylation is 5. The van der Waals surface area contributed by atoms with Crippen molar-refractivity contribution in [2.24, 2.45) is 0 Å². The second kappa shape index (κ2) is 15.0. The van der Waals surface area contributed by atoms with Gasteiger partial charge < -0.3 is 19.3 Å². The van der Waals surface area contributed by atoms with Crippen molar-refractivity contribution in [2.75, 3.05) is 9.80 Å². The first-order valence-electron chi connectivity index (χ1n) is 18.8. The van der Waals surface area contributed by atoms with E-state index in [1.165, 1.54) is 51.9 Å². The Morgan fingerprint density at radius 1 is 0.481 bits per heavy atom. The van der Waals surface area contributed by atoms with Gasteiger partial charge in [0, 0.05) is 11.4 Å². The SMILES string of the molecule is CCC(C)c1ccc(N2c3ccc(C)cc3Oc3cc(C)ccc32)cc1.CCCCc1ccc(N2c3ccc(C)cc3Oc3cc(C)ccc32)cc1. The van der Waals surface area contributed by atoms with E-state index < -0.39 is 0 Å². The molecule has 264 valence electrons. The molecule has 0 bridgehead atoms. The Morgan fingerprint density at radius 3 is 1.19 bits per heavy atom. The van der Waals surface area contributed by atoms with Crippen LogP contribution < -0.4 is 19.3 Å². The molecule has 1 unspecified atom stereocenters. The van der Waals surface area contributed by atoms with Crippen LogP contribution in [-0.2, 0) is 6.42 Å². The summed E-state index contributed by atoms with van der Waals surface area (Å²) < 4.78 is 12.5. The molecule has 0 spiro atoms. The molecule has 6 aromatic carbocycles. The van der Waals surface area contributed by atoms with Gasteiger partial charge in [0.05, 0.1) is 22.7 Å². The van der Waals surface area contributed by atoms with Crippen LogP contribution in [-0.4, -0.2) is 0 Å². The first-order valence-corrected chi connectivity index (χ1v) is 18.8. The van der Waals surface area contributed by atoms with E-state index in [1.54, 1.807) is 0 Å². The Labute approximate surface area is 310 Å². The fraction of sp³-hybridized carbons (Fsp3) is 0.250. The number of fused-ring (bicyclic) bond motifs is 4. The Bertz CT molecular complexity index is 2080. The predicted octanol–water partition coefficient (Wildman–Crippen LogP) is 14.6. The van der Waals surface area contributed by atoms with E-state index in [0.717, 1.165) is 64.3 Å². The third kappa shape index (κ3) is 7.16. The number of anilines is 6. The fourth-order valence-electron chi connectivity index (χ4n) is 6.98. The van der Waals surface area contributed by atoms with Gasteiger partial charge in [0.15, 0.2) is 23.0 Å². The zero-order valence-corrected chi connectivity index (χ0v) is 31.7. The minimum Gasteiger partial charge on any atom is -0.453 e. The summed E-state index contributed by atoms with van der Waals surface area (Å²) in [6, 6.07) is 43.5. The van der Waals surface area contributed by atoms with Crippen LogP contribution in [0.2, 0.25) is 0 Å². The minimum absolute atomic E-state index is 0.582. The van der Waals surface area contributed by atoms with Crippen molar-refractivity contribution < 1.29 is 9.47 Å². The maximum Gasteiger partial charge on any atom is 0.151 e.